The van der Waals surface area contributed by atoms with Crippen molar-refractivity contribution in [2.75, 3.05) is 24.3 Å². The molecule has 2 aromatic rings. The molecule has 22 heavy (non-hydrogen) atoms. The highest BCUT2D eigenvalue weighted by Crippen LogP contribution is 2.26. The molecule has 0 radical (unpaired) electrons. The van der Waals surface area contributed by atoms with Crippen molar-refractivity contribution in [1.82, 2.24) is 0 Å². The minimum absolute atomic E-state index is 0.155. The molecule has 3 rings (SSSR count). The van der Waals surface area contributed by atoms with E-state index < -0.39 is 6.10 Å². The third-order valence-electron chi connectivity index (χ3n) is 3.89. The minimum atomic E-state index is -0.602. The maximum absolute atomic E-state index is 12.5. The van der Waals surface area contributed by atoms with E-state index >= 15 is 0 Å². The van der Waals surface area contributed by atoms with E-state index in [0.717, 1.165) is 36.3 Å². The van der Waals surface area contributed by atoms with Crippen LogP contribution in [-0.2, 0) is 16.0 Å². The third kappa shape index (κ3) is 3.12. The van der Waals surface area contributed by atoms with Gasteiger partial charge in [0.2, 0.25) is 0 Å². The molecule has 0 fully saturated rings. The summed E-state index contributed by atoms with van der Waals surface area (Å²) in [5, 5.41) is 6.32. The molecular formula is C18H20N2O2. The number of carbonyl (C=O) groups excluding carboxylic acids is 1. The van der Waals surface area contributed by atoms with Crippen molar-refractivity contribution in [3.63, 3.8) is 0 Å². The molecule has 4 nitrogen and oxygen atoms in total. The number of nitrogens with one attached hydrogen (secondary N) is 2. The van der Waals surface area contributed by atoms with Crippen LogP contribution in [0, 0.1) is 0 Å². The van der Waals surface area contributed by atoms with Crippen LogP contribution < -0.4 is 10.6 Å². The Morgan fingerprint density at radius 2 is 2.05 bits per heavy atom. The molecule has 1 amide bonds. The Morgan fingerprint density at radius 1 is 1.23 bits per heavy atom. The molecule has 0 aliphatic carbocycles. The Kier molecular flexibility index (Phi) is 4.39. The van der Waals surface area contributed by atoms with Gasteiger partial charge in [-0.05, 0) is 42.2 Å². The van der Waals surface area contributed by atoms with Gasteiger partial charge in [-0.2, -0.15) is 0 Å². The highest BCUT2D eigenvalue weighted by Gasteiger charge is 2.20. The predicted octanol–water partition coefficient (Wildman–Crippen LogP) is 3.37. The number of amides is 1. The van der Waals surface area contributed by atoms with Crippen molar-refractivity contribution in [3.8, 4) is 0 Å². The maximum Gasteiger partial charge on any atom is 0.258 e. The molecule has 2 N–H and O–H groups in total. The van der Waals surface area contributed by atoms with Crippen molar-refractivity contribution in [2.24, 2.45) is 0 Å². The molecule has 0 saturated carbocycles. The van der Waals surface area contributed by atoms with Gasteiger partial charge in [0.1, 0.15) is 0 Å². The molecule has 1 aliphatic rings. The molecule has 2 aromatic carbocycles. The number of fused-ring (bicyclic) bond motifs is 1. The number of hydrogen-bond donors (Lipinski definition) is 2. The van der Waals surface area contributed by atoms with Crippen LogP contribution in [0.3, 0.4) is 0 Å². The first-order chi connectivity index (χ1) is 10.8. The van der Waals surface area contributed by atoms with Gasteiger partial charge in [0.15, 0.2) is 6.10 Å². The smallest absolute Gasteiger partial charge is 0.258 e. The van der Waals surface area contributed by atoms with Crippen molar-refractivity contribution < 1.29 is 9.53 Å². The van der Waals surface area contributed by atoms with Crippen LogP contribution in [0.4, 0.5) is 11.4 Å². The molecule has 0 spiro atoms. The zero-order chi connectivity index (χ0) is 15.4. The summed E-state index contributed by atoms with van der Waals surface area (Å²) in [5.41, 5.74) is 4.07. The average molecular weight is 296 g/mol. The highest BCUT2D eigenvalue weighted by molar-refractivity contribution is 5.95. The summed E-state index contributed by atoms with van der Waals surface area (Å²) in [6.07, 6.45) is 1.56. The van der Waals surface area contributed by atoms with Gasteiger partial charge in [0, 0.05) is 25.0 Å². The standard InChI is InChI=1S/C18H20N2O2/c1-22-17(13-6-3-2-4-7-13)18(21)20-15-9-10-16-14(12-15)8-5-11-19-16/h2-4,6-7,9-10,12,17,19H,5,8,11H2,1H3,(H,20,21). The summed E-state index contributed by atoms with van der Waals surface area (Å²) in [4.78, 5) is 12.5. The lowest BCUT2D eigenvalue weighted by Gasteiger charge is -2.20. The van der Waals surface area contributed by atoms with Crippen LogP contribution in [0.25, 0.3) is 0 Å². The fourth-order valence-corrected chi connectivity index (χ4v) is 2.78. The number of methoxy groups -OCH3 is 1. The fourth-order valence-electron chi connectivity index (χ4n) is 2.78. The molecular weight excluding hydrogens is 276 g/mol. The fraction of sp³-hybridized carbons (Fsp3) is 0.278. The number of aryl methyl sites for hydroxylation is 1. The second-order valence-corrected chi connectivity index (χ2v) is 5.42. The lowest BCUT2D eigenvalue weighted by molar-refractivity contribution is -0.126. The third-order valence-corrected chi connectivity index (χ3v) is 3.89. The normalized spacial score (nSPS) is 14.6. The van der Waals surface area contributed by atoms with E-state index in [2.05, 4.69) is 10.6 Å². The summed E-state index contributed by atoms with van der Waals surface area (Å²) in [7, 11) is 1.55. The van der Waals surface area contributed by atoms with Crippen molar-refractivity contribution in [2.45, 2.75) is 18.9 Å². The van der Waals surface area contributed by atoms with Gasteiger partial charge in [-0.15, -0.1) is 0 Å². The minimum Gasteiger partial charge on any atom is -0.385 e. The van der Waals surface area contributed by atoms with E-state index in [1.165, 1.54) is 5.56 Å². The Balaban J connectivity index is 1.76. The van der Waals surface area contributed by atoms with E-state index in [4.69, 9.17) is 4.74 Å². The lowest BCUT2D eigenvalue weighted by Crippen LogP contribution is -2.22. The van der Waals surface area contributed by atoms with Crippen molar-refractivity contribution in [3.05, 3.63) is 59.7 Å². The summed E-state index contributed by atoms with van der Waals surface area (Å²) in [5.74, 6) is -0.155. The van der Waals surface area contributed by atoms with Gasteiger partial charge in [-0.1, -0.05) is 30.3 Å². The molecule has 1 atom stereocenters. The molecule has 1 aliphatic heterocycles. The van der Waals surface area contributed by atoms with Gasteiger partial charge >= 0.3 is 0 Å². The quantitative estimate of drug-likeness (QED) is 0.909. The van der Waals surface area contributed by atoms with E-state index in [9.17, 15) is 4.79 Å². The number of ether oxygens (including phenoxy) is 1. The second kappa shape index (κ2) is 6.62. The molecule has 1 unspecified atom stereocenters. The molecule has 0 saturated heterocycles. The molecule has 4 heteroatoms. The van der Waals surface area contributed by atoms with Gasteiger partial charge in [-0.25, -0.2) is 0 Å². The molecule has 1 heterocycles. The van der Waals surface area contributed by atoms with Crippen molar-refractivity contribution in [1.29, 1.82) is 0 Å². The van der Waals surface area contributed by atoms with Gasteiger partial charge in [0.25, 0.3) is 5.91 Å². The summed E-state index contributed by atoms with van der Waals surface area (Å²) in [6, 6.07) is 15.5. The van der Waals surface area contributed by atoms with Crippen LogP contribution in [0.15, 0.2) is 48.5 Å². The number of hydrogen-bond acceptors (Lipinski definition) is 3. The Morgan fingerprint density at radius 3 is 2.82 bits per heavy atom. The SMILES string of the molecule is COC(C(=O)Nc1ccc2c(c1)CCCN2)c1ccccc1. The van der Waals surface area contributed by atoms with Crippen LogP contribution in [0.5, 0.6) is 0 Å². The van der Waals surface area contributed by atoms with Crippen LogP contribution in [-0.4, -0.2) is 19.6 Å². The Bertz CT molecular complexity index is 655. The molecule has 0 bridgehead atoms. The second-order valence-electron chi connectivity index (χ2n) is 5.42. The summed E-state index contributed by atoms with van der Waals surface area (Å²) in [6.45, 7) is 1.01. The van der Waals surface area contributed by atoms with Gasteiger partial charge in [0.05, 0.1) is 0 Å². The molecule has 0 aromatic heterocycles. The highest BCUT2D eigenvalue weighted by atomic mass is 16.5. The number of anilines is 2. The first-order valence-electron chi connectivity index (χ1n) is 7.53. The van der Waals surface area contributed by atoms with Crippen LogP contribution in [0.2, 0.25) is 0 Å². The van der Waals surface area contributed by atoms with Gasteiger partial charge in [-0.3, -0.25) is 4.79 Å². The van der Waals surface area contributed by atoms with Gasteiger partial charge < -0.3 is 15.4 Å². The zero-order valence-corrected chi connectivity index (χ0v) is 12.6. The number of rotatable bonds is 4. The van der Waals surface area contributed by atoms with E-state index in [1.807, 2.05) is 48.5 Å². The first kappa shape index (κ1) is 14.6. The zero-order valence-electron chi connectivity index (χ0n) is 12.6. The number of carbonyl (C=O) groups is 1. The van der Waals surface area contributed by atoms with Crippen LogP contribution >= 0.6 is 0 Å². The van der Waals surface area contributed by atoms with Crippen molar-refractivity contribution >= 4 is 17.3 Å². The molecule has 114 valence electrons. The largest absolute Gasteiger partial charge is 0.385 e. The Labute approximate surface area is 130 Å². The summed E-state index contributed by atoms with van der Waals surface area (Å²) >= 11 is 0. The van der Waals surface area contributed by atoms with E-state index in [0.29, 0.717) is 0 Å². The first-order valence-corrected chi connectivity index (χ1v) is 7.53. The maximum atomic E-state index is 12.5. The van der Waals surface area contributed by atoms with E-state index in [1.54, 1.807) is 7.11 Å². The Hall–Kier alpha value is -2.33. The predicted molar refractivity (Wildman–Crippen MR) is 88.1 cm³/mol. The lowest BCUT2D eigenvalue weighted by atomic mass is 10.0. The van der Waals surface area contributed by atoms with Crippen LogP contribution in [0.1, 0.15) is 23.7 Å². The topological polar surface area (TPSA) is 50.4 Å². The average Bonchev–Trinajstić information content (AvgIpc) is 2.56. The van der Waals surface area contributed by atoms with E-state index in [-0.39, 0.29) is 5.91 Å². The monoisotopic (exact) mass is 296 g/mol. The number of benzene rings is 2. The summed E-state index contributed by atoms with van der Waals surface area (Å²) < 4.78 is 5.36.